The molecule has 1 aromatic rings. The summed E-state index contributed by atoms with van der Waals surface area (Å²) in [6, 6.07) is 8.94. The first-order chi connectivity index (χ1) is 9.04. The Morgan fingerprint density at radius 2 is 2.21 bits per heavy atom. The van der Waals surface area contributed by atoms with Crippen molar-refractivity contribution in [3.63, 3.8) is 0 Å². The molecule has 4 nitrogen and oxygen atoms in total. The van der Waals surface area contributed by atoms with Gasteiger partial charge in [0.05, 0.1) is 17.3 Å². The van der Waals surface area contributed by atoms with Gasteiger partial charge in [0.2, 0.25) is 5.91 Å². The summed E-state index contributed by atoms with van der Waals surface area (Å²) < 4.78 is 0. The van der Waals surface area contributed by atoms with E-state index in [0.717, 1.165) is 19.4 Å². The van der Waals surface area contributed by atoms with Crippen molar-refractivity contribution >= 4 is 11.6 Å². The van der Waals surface area contributed by atoms with E-state index in [-0.39, 0.29) is 17.4 Å². The Hall–Kier alpha value is -1.86. The zero-order valence-corrected chi connectivity index (χ0v) is 11.4. The van der Waals surface area contributed by atoms with Gasteiger partial charge >= 0.3 is 0 Å². The highest BCUT2D eigenvalue weighted by Crippen LogP contribution is 2.30. The minimum absolute atomic E-state index is 0.0626. The van der Waals surface area contributed by atoms with Crippen LogP contribution in [-0.4, -0.2) is 18.5 Å². The first-order valence-electron chi connectivity index (χ1n) is 6.58. The quantitative estimate of drug-likeness (QED) is 0.854. The fourth-order valence-electron chi connectivity index (χ4n) is 2.55. The Morgan fingerprint density at radius 3 is 2.89 bits per heavy atom. The smallest absolute Gasteiger partial charge is 0.242 e. The molecular weight excluding hydrogens is 238 g/mol. The second-order valence-electron chi connectivity index (χ2n) is 5.63. The van der Waals surface area contributed by atoms with Crippen LogP contribution in [-0.2, 0) is 4.79 Å². The molecule has 1 amide bonds. The lowest BCUT2D eigenvalue weighted by Gasteiger charge is -2.38. The number of nitriles is 1. The molecule has 0 aliphatic carbocycles. The van der Waals surface area contributed by atoms with E-state index >= 15 is 0 Å². The van der Waals surface area contributed by atoms with Crippen LogP contribution in [0.4, 0.5) is 5.69 Å². The minimum atomic E-state index is -0.215. The number of nitrogens with zero attached hydrogens (tertiary/aromatic N) is 1. The Balaban J connectivity index is 2.15. The number of carbonyl (C=O) groups is 1. The highest BCUT2D eigenvalue weighted by Gasteiger charge is 2.37. The lowest BCUT2D eigenvalue weighted by Crippen LogP contribution is -2.53. The summed E-state index contributed by atoms with van der Waals surface area (Å²) in [6.45, 7) is 5.06. The minimum Gasteiger partial charge on any atom is -0.324 e. The van der Waals surface area contributed by atoms with Gasteiger partial charge in [-0.15, -0.1) is 0 Å². The van der Waals surface area contributed by atoms with Gasteiger partial charge in [-0.05, 0) is 36.9 Å². The molecule has 2 rings (SSSR count). The molecule has 2 N–H and O–H groups in total. The van der Waals surface area contributed by atoms with Gasteiger partial charge in [-0.25, -0.2) is 0 Å². The fourth-order valence-corrected chi connectivity index (χ4v) is 2.55. The molecule has 1 aliphatic rings. The summed E-state index contributed by atoms with van der Waals surface area (Å²) in [6.07, 6.45) is 2.11. The number of carbonyl (C=O) groups excluding carboxylic acids is 1. The number of benzene rings is 1. The monoisotopic (exact) mass is 257 g/mol. The maximum absolute atomic E-state index is 12.4. The van der Waals surface area contributed by atoms with E-state index in [1.54, 1.807) is 18.2 Å². The molecule has 1 aliphatic heterocycles. The topological polar surface area (TPSA) is 64.9 Å². The Kier molecular flexibility index (Phi) is 3.87. The first-order valence-corrected chi connectivity index (χ1v) is 6.58. The third kappa shape index (κ3) is 2.94. The maximum atomic E-state index is 12.4. The molecule has 0 saturated carbocycles. The number of piperidine rings is 1. The molecular formula is C15H19N3O. The van der Waals surface area contributed by atoms with Gasteiger partial charge in [-0.3, -0.25) is 4.79 Å². The van der Waals surface area contributed by atoms with Crippen molar-refractivity contribution in [2.45, 2.75) is 32.7 Å². The third-order valence-electron chi connectivity index (χ3n) is 3.70. The molecule has 0 bridgehead atoms. The van der Waals surface area contributed by atoms with E-state index in [0.29, 0.717) is 11.3 Å². The SMILES string of the molecule is CC1(C)CCCNC1C(=O)Nc1ccccc1C#N. The summed E-state index contributed by atoms with van der Waals surface area (Å²) in [4.78, 5) is 12.4. The lowest BCUT2D eigenvalue weighted by molar-refractivity contribution is -0.121. The maximum Gasteiger partial charge on any atom is 0.242 e. The summed E-state index contributed by atoms with van der Waals surface area (Å²) in [5, 5.41) is 15.2. The van der Waals surface area contributed by atoms with Crippen LogP contribution in [0.15, 0.2) is 24.3 Å². The highest BCUT2D eigenvalue weighted by molar-refractivity contribution is 5.96. The Morgan fingerprint density at radius 1 is 1.47 bits per heavy atom. The number of hydrogen-bond acceptors (Lipinski definition) is 3. The average molecular weight is 257 g/mol. The van der Waals surface area contributed by atoms with Gasteiger partial charge in [-0.2, -0.15) is 5.26 Å². The standard InChI is InChI=1S/C15H19N3O/c1-15(2)8-5-9-17-13(15)14(19)18-12-7-4-3-6-11(12)10-16/h3-4,6-7,13,17H,5,8-9H2,1-2H3,(H,18,19). The second-order valence-corrected chi connectivity index (χ2v) is 5.63. The van der Waals surface area contributed by atoms with Crippen LogP contribution in [0.25, 0.3) is 0 Å². The first kappa shape index (κ1) is 13.6. The van der Waals surface area contributed by atoms with Crippen molar-refractivity contribution in [2.75, 3.05) is 11.9 Å². The predicted octanol–water partition coefficient (Wildman–Crippen LogP) is 2.27. The normalized spacial score (nSPS) is 21.4. The van der Waals surface area contributed by atoms with E-state index < -0.39 is 0 Å². The van der Waals surface area contributed by atoms with E-state index in [4.69, 9.17) is 5.26 Å². The average Bonchev–Trinajstić information content (AvgIpc) is 2.38. The molecule has 1 saturated heterocycles. The lowest BCUT2D eigenvalue weighted by atomic mass is 9.77. The van der Waals surface area contributed by atoms with Crippen LogP contribution in [0.5, 0.6) is 0 Å². The molecule has 0 aromatic heterocycles. The highest BCUT2D eigenvalue weighted by atomic mass is 16.2. The summed E-state index contributed by atoms with van der Waals surface area (Å²) in [5.74, 6) is -0.0626. The van der Waals surface area contributed by atoms with Gasteiger partial charge in [0.25, 0.3) is 0 Å². The Bertz CT molecular complexity index is 516. The zero-order valence-electron chi connectivity index (χ0n) is 11.4. The van der Waals surface area contributed by atoms with Crippen LogP contribution in [0.1, 0.15) is 32.3 Å². The van der Waals surface area contributed by atoms with Gasteiger partial charge in [0.15, 0.2) is 0 Å². The van der Waals surface area contributed by atoms with Gasteiger partial charge in [0.1, 0.15) is 6.07 Å². The van der Waals surface area contributed by atoms with Crippen molar-refractivity contribution in [1.29, 1.82) is 5.26 Å². The fraction of sp³-hybridized carbons (Fsp3) is 0.467. The summed E-state index contributed by atoms with van der Waals surface area (Å²) in [5.41, 5.74) is 1.01. The molecule has 100 valence electrons. The van der Waals surface area contributed by atoms with Crippen molar-refractivity contribution < 1.29 is 4.79 Å². The van der Waals surface area contributed by atoms with Gasteiger partial charge < -0.3 is 10.6 Å². The number of hydrogen-bond donors (Lipinski definition) is 2. The number of nitrogens with one attached hydrogen (secondary N) is 2. The van der Waals surface area contributed by atoms with Crippen LogP contribution >= 0.6 is 0 Å². The summed E-state index contributed by atoms with van der Waals surface area (Å²) in [7, 11) is 0. The van der Waals surface area contributed by atoms with Crippen molar-refractivity contribution in [3.8, 4) is 6.07 Å². The Labute approximate surface area is 113 Å². The van der Waals surface area contributed by atoms with E-state index in [9.17, 15) is 4.79 Å². The van der Waals surface area contributed by atoms with Gasteiger partial charge in [0, 0.05) is 0 Å². The largest absolute Gasteiger partial charge is 0.324 e. The van der Waals surface area contributed by atoms with Crippen LogP contribution in [0.2, 0.25) is 0 Å². The second kappa shape index (κ2) is 5.41. The number of para-hydroxylation sites is 1. The number of rotatable bonds is 2. The number of amides is 1. The predicted molar refractivity (Wildman–Crippen MR) is 74.6 cm³/mol. The molecule has 4 heteroatoms. The molecule has 1 heterocycles. The molecule has 1 fully saturated rings. The van der Waals surface area contributed by atoms with Crippen LogP contribution in [0, 0.1) is 16.7 Å². The molecule has 1 atom stereocenters. The summed E-state index contributed by atoms with van der Waals surface area (Å²) >= 11 is 0. The molecule has 1 aromatic carbocycles. The number of anilines is 1. The third-order valence-corrected chi connectivity index (χ3v) is 3.70. The van der Waals surface area contributed by atoms with E-state index in [1.165, 1.54) is 0 Å². The van der Waals surface area contributed by atoms with Crippen LogP contribution < -0.4 is 10.6 Å². The molecule has 1 unspecified atom stereocenters. The van der Waals surface area contributed by atoms with E-state index in [1.807, 2.05) is 6.07 Å². The van der Waals surface area contributed by atoms with Crippen molar-refractivity contribution in [3.05, 3.63) is 29.8 Å². The van der Waals surface area contributed by atoms with Crippen molar-refractivity contribution in [1.82, 2.24) is 5.32 Å². The van der Waals surface area contributed by atoms with E-state index in [2.05, 4.69) is 30.6 Å². The zero-order chi connectivity index (χ0) is 13.9. The molecule has 0 radical (unpaired) electrons. The van der Waals surface area contributed by atoms with Crippen molar-refractivity contribution in [2.24, 2.45) is 5.41 Å². The van der Waals surface area contributed by atoms with Crippen LogP contribution in [0.3, 0.4) is 0 Å². The molecule has 0 spiro atoms. The molecule has 19 heavy (non-hydrogen) atoms. The van der Waals surface area contributed by atoms with Gasteiger partial charge in [-0.1, -0.05) is 26.0 Å².